The van der Waals surface area contributed by atoms with Crippen molar-refractivity contribution in [2.45, 2.75) is 11.8 Å². The van der Waals surface area contributed by atoms with Crippen molar-refractivity contribution in [2.24, 2.45) is 0 Å². The zero-order chi connectivity index (χ0) is 20.4. The molecule has 6 nitrogen and oxygen atoms in total. The van der Waals surface area contributed by atoms with Crippen molar-refractivity contribution in [1.82, 2.24) is 4.98 Å². The number of fused-ring (bicyclic) bond motifs is 1. The number of anilines is 2. The number of carbonyl (C=O) groups excluding carboxylic acids is 1. The normalized spacial score (nSPS) is 11.3. The van der Waals surface area contributed by atoms with Crippen LogP contribution in [0.25, 0.3) is 10.2 Å². The van der Waals surface area contributed by atoms with Gasteiger partial charge in [0, 0.05) is 11.3 Å². The van der Waals surface area contributed by atoms with Crippen LogP contribution in [0.2, 0.25) is 0 Å². The van der Waals surface area contributed by atoms with Crippen LogP contribution >= 0.6 is 11.3 Å². The zero-order valence-corrected chi connectivity index (χ0v) is 17.0. The van der Waals surface area contributed by atoms with Crippen molar-refractivity contribution in [3.8, 4) is 0 Å². The van der Waals surface area contributed by atoms with Crippen LogP contribution in [0.5, 0.6) is 0 Å². The molecule has 0 aliphatic carbocycles. The number of rotatable bonds is 5. The van der Waals surface area contributed by atoms with Crippen molar-refractivity contribution < 1.29 is 13.2 Å². The number of hydrogen-bond donors (Lipinski definition) is 2. The van der Waals surface area contributed by atoms with Gasteiger partial charge in [0.15, 0.2) is 5.13 Å². The van der Waals surface area contributed by atoms with E-state index in [0.29, 0.717) is 16.4 Å². The van der Waals surface area contributed by atoms with Gasteiger partial charge in [0.05, 0.1) is 15.1 Å². The van der Waals surface area contributed by atoms with Gasteiger partial charge in [-0.05, 0) is 55.5 Å². The Bertz CT molecular complexity index is 1250. The summed E-state index contributed by atoms with van der Waals surface area (Å²) in [5, 5.41) is 3.25. The number of aryl methyl sites for hydroxylation is 1. The van der Waals surface area contributed by atoms with Gasteiger partial charge in [-0.2, -0.15) is 0 Å². The van der Waals surface area contributed by atoms with Gasteiger partial charge < -0.3 is 0 Å². The predicted octanol–water partition coefficient (Wildman–Crippen LogP) is 4.66. The zero-order valence-electron chi connectivity index (χ0n) is 15.4. The first-order valence-corrected chi connectivity index (χ1v) is 11.1. The fourth-order valence-corrected chi connectivity index (χ4v) is 4.64. The number of sulfonamides is 1. The quantitative estimate of drug-likeness (QED) is 0.489. The maximum atomic E-state index is 12.5. The second kappa shape index (κ2) is 7.65. The van der Waals surface area contributed by atoms with E-state index in [0.717, 1.165) is 15.8 Å². The Labute approximate surface area is 172 Å². The number of nitrogens with zero attached hydrogens (tertiary/aromatic N) is 1. The minimum absolute atomic E-state index is 0.0783. The van der Waals surface area contributed by atoms with Crippen molar-refractivity contribution >= 4 is 48.3 Å². The highest BCUT2D eigenvalue weighted by atomic mass is 32.2. The molecule has 0 aliphatic rings. The van der Waals surface area contributed by atoms with Crippen molar-refractivity contribution in [3.63, 3.8) is 0 Å². The van der Waals surface area contributed by atoms with E-state index in [-0.39, 0.29) is 10.8 Å². The summed E-state index contributed by atoms with van der Waals surface area (Å²) >= 11 is 1.38. The van der Waals surface area contributed by atoms with E-state index in [2.05, 4.69) is 15.0 Å². The molecule has 2 N–H and O–H groups in total. The van der Waals surface area contributed by atoms with Gasteiger partial charge in [-0.3, -0.25) is 14.8 Å². The molecule has 1 aromatic heterocycles. The SMILES string of the molecule is Cc1ccc(NS(=O)(=O)c2ccc(C(=O)Nc3nc4ccccc4s3)cc2)cc1. The molecule has 8 heteroatoms. The fourth-order valence-electron chi connectivity index (χ4n) is 2.72. The van der Waals surface area contributed by atoms with Crippen molar-refractivity contribution in [1.29, 1.82) is 0 Å². The van der Waals surface area contributed by atoms with Crippen LogP contribution in [0.4, 0.5) is 10.8 Å². The predicted molar refractivity (Wildman–Crippen MR) is 116 cm³/mol. The molecule has 0 bridgehead atoms. The summed E-state index contributed by atoms with van der Waals surface area (Å²) in [7, 11) is -3.74. The lowest BCUT2D eigenvalue weighted by Crippen LogP contribution is -2.14. The van der Waals surface area contributed by atoms with Crippen molar-refractivity contribution in [3.05, 3.63) is 83.9 Å². The van der Waals surface area contributed by atoms with Crippen LogP contribution in [0.15, 0.2) is 77.7 Å². The molecule has 0 aliphatic heterocycles. The lowest BCUT2D eigenvalue weighted by Gasteiger charge is -2.09. The average molecular weight is 424 g/mol. The molecule has 0 unspecified atom stereocenters. The molecule has 0 saturated carbocycles. The molecule has 146 valence electrons. The molecule has 3 aromatic carbocycles. The van der Waals surface area contributed by atoms with Crippen LogP contribution in [0.1, 0.15) is 15.9 Å². The number of benzene rings is 3. The highest BCUT2D eigenvalue weighted by molar-refractivity contribution is 7.92. The molecule has 1 amide bonds. The Kier molecular flexibility index (Phi) is 5.04. The van der Waals surface area contributed by atoms with Gasteiger partial charge in [-0.25, -0.2) is 13.4 Å². The average Bonchev–Trinajstić information content (AvgIpc) is 3.12. The second-order valence-electron chi connectivity index (χ2n) is 6.44. The summed E-state index contributed by atoms with van der Waals surface area (Å²) in [4.78, 5) is 16.9. The van der Waals surface area contributed by atoms with Crippen molar-refractivity contribution in [2.75, 3.05) is 10.0 Å². The minimum atomic E-state index is -3.74. The van der Waals surface area contributed by atoms with E-state index >= 15 is 0 Å². The van der Waals surface area contributed by atoms with Gasteiger partial charge in [-0.15, -0.1) is 0 Å². The van der Waals surface area contributed by atoms with Gasteiger partial charge in [-0.1, -0.05) is 41.2 Å². The summed E-state index contributed by atoms with van der Waals surface area (Å²) in [6.45, 7) is 1.93. The Morgan fingerprint density at radius 2 is 1.62 bits per heavy atom. The van der Waals surface area contributed by atoms with Crippen LogP contribution in [-0.2, 0) is 10.0 Å². The molecule has 1 heterocycles. The van der Waals surface area contributed by atoms with E-state index in [9.17, 15) is 13.2 Å². The number of amides is 1. The fraction of sp³-hybridized carbons (Fsp3) is 0.0476. The van der Waals surface area contributed by atoms with Gasteiger partial charge in [0.1, 0.15) is 0 Å². The van der Waals surface area contributed by atoms with E-state index in [1.54, 1.807) is 12.1 Å². The second-order valence-corrected chi connectivity index (χ2v) is 9.15. The van der Waals surface area contributed by atoms with E-state index in [1.807, 2.05) is 43.3 Å². The number of thiazole rings is 1. The number of aromatic nitrogens is 1. The molecule has 29 heavy (non-hydrogen) atoms. The van der Waals surface area contributed by atoms with Gasteiger partial charge in [0.25, 0.3) is 15.9 Å². The third-order valence-corrected chi connectivity index (χ3v) is 6.59. The highest BCUT2D eigenvalue weighted by Crippen LogP contribution is 2.26. The topological polar surface area (TPSA) is 88.2 Å². The van der Waals surface area contributed by atoms with Gasteiger partial charge in [0.2, 0.25) is 0 Å². The smallest absolute Gasteiger partial charge is 0.261 e. The Morgan fingerprint density at radius 1 is 0.931 bits per heavy atom. The number of carbonyl (C=O) groups is 1. The summed E-state index contributed by atoms with van der Waals surface area (Å²) in [5.74, 6) is -0.348. The molecule has 0 spiro atoms. The third-order valence-electron chi connectivity index (χ3n) is 4.24. The first-order valence-electron chi connectivity index (χ1n) is 8.77. The molecule has 4 rings (SSSR count). The lowest BCUT2D eigenvalue weighted by atomic mass is 10.2. The first kappa shape index (κ1) is 19.1. The van der Waals surface area contributed by atoms with E-state index in [4.69, 9.17) is 0 Å². The largest absolute Gasteiger partial charge is 0.298 e. The summed E-state index contributed by atoms with van der Waals surface area (Å²) in [5.41, 5.74) is 2.68. The maximum absolute atomic E-state index is 12.5. The van der Waals surface area contributed by atoms with Gasteiger partial charge >= 0.3 is 0 Å². The monoisotopic (exact) mass is 423 g/mol. The molecule has 0 atom stereocenters. The summed E-state index contributed by atoms with van der Waals surface area (Å²) in [6, 6.07) is 20.4. The Hall–Kier alpha value is -3.23. The van der Waals surface area contributed by atoms with E-state index < -0.39 is 10.0 Å². The Morgan fingerprint density at radius 3 is 2.31 bits per heavy atom. The molecule has 4 aromatic rings. The first-order chi connectivity index (χ1) is 13.9. The van der Waals surface area contributed by atoms with E-state index in [1.165, 1.54) is 35.6 Å². The lowest BCUT2D eigenvalue weighted by molar-refractivity contribution is 0.102. The highest BCUT2D eigenvalue weighted by Gasteiger charge is 2.16. The van der Waals surface area contributed by atoms with Crippen LogP contribution in [0, 0.1) is 6.92 Å². The molecule has 0 radical (unpaired) electrons. The molecule has 0 fully saturated rings. The van der Waals surface area contributed by atoms with Crippen LogP contribution in [-0.4, -0.2) is 19.3 Å². The molecule has 0 saturated heterocycles. The molecular weight excluding hydrogens is 406 g/mol. The summed E-state index contributed by atoms with van der Waals surface area (Å²) in [6.07, 6.45) is 0. The van der Waals surface area contributed by atoms with Crippen LogP contribution < -0.4 is 10.0 Å². The third kappa shape index (κ3) is 4.28. The number of nitrogens with one attached hydrogen (secondary N) is 2. The standard InChI is InChI=1S/C21H17N3O3S2/c1-14-6-10-16(11-7-14)24-29(26,27)17-12-8-15(9-13-17)20(25)23-21-22-18-4-2-3-5-19(18)28-21/h2-13,24H,1H3,(H,22,23,25). The number of hydrogen-bond acceptors (Lipinski definition) is 5. The number of para-hydroxylation sites is 1. The summed E-state index contributed by atoms with van der Waals surface area (Å²) < 4.78 is 28.6. The maximum Gasteiger partial charge on any atom is 0.261 e. The molecular formula is C21H17N3O3S2. The minimum Gasteiger partial charge on any atom is -0.298 e. The van der Waals surface area contributed by atoms with Crippen LogP contribution in [0.3, 0.4) is 0 Å². The Balaban J connectivity index is 1.49.